The summed E-state index contributed by atoms with van der Waals surface area (Å²) in [4.78, 5) is 10.8. The molecule has 72 valence electrons. The second kappa shape index (κ2) is 3.03. The average molecular weight is 175 g/mol. The van der Waals surface area contributed by atoms with E-state index in [4.69, 9.17) is 10.8 Å². The summed E-state index contributed by atoms with van der Waals surface area (Å²) in [5, 5.41) is 18.1. The molecule has 0 saturated heterocycles. The Morgan fingerprint density at radius 2 is 1.75 bits per heavy atom. The lowest BCUT2D eigenvalue weighted by Gasteiger charge is -2.39. The van der Waals surface area contributed by atoms with Crippen LogP contribution in [-0.4, -0.2) is 27.8 Å². The van der Waals surface area contributed by atoms with Gasteiger partial charge in [-0.1, -0.05) is 20.8 Å². The largest absolute Gasteiger partial charge is 0.480 e. The van der Waals surface area contributed by atoms with Crippen molar-refractivity contribution in [2.45, 2.75) is 39.3 Å². The third-order valence-electron chi connectivity index (χ3n) is 2.25. The second-order valence-electron chi connectivity index (χ2n) is 4.10. The fraction of sp³-hybridized carbons (Fsp3) is 0.875. The molecule has 0 aliphatic heterocycles. The summed E-state index contributed by atoms with van der Waals surface area (Å²) < 4.78 is 0. The standard InChI is InChI=1S/C8H17NO3/c1-5(10)8(9,6(11)12)7(2,3)4/h5,10H,9H2,1-4H3,(H,11,12)/t5-,8+/m1/s1. The van der Waals surface area contributed by atoms with E-state index in [9.17, 15) is 9.90 Å². The van der Waals surface area contributed by atoms with Gasteiger partial charge in [0, 0.05) is 0 Å². The first-order chi connectivity index (χ1) is 5.14. The summed E-state index contributed by atoms with van der Waals surface area (Å²) in [6.45, 7) is 6.45. The Morgan fingerprint density at radius 3 is 1.75 bits per heavy atom. The van der Waals surface area contributed by atoms with Gasteiger partial charge >= 0.3 is 5.97 Å². The number of hydrogen-bond acceptors (Lipinski definition) is 3. The molecule has 2 atom stereocenters. The van der Waals surface area contributed by atoms with Crippen molar-refractivity contribution in [3.63, 3.8) is 0 Å². The zero-order chi connectivity index (χ0) is 10.2. The highest BCUT2D eigenvalue weighted by molar-refractivity contribution is 5.80. The first-order valence-corrected chi connectivity index (χ1v) is 3.84. The normalized spacial score (nSPS) is 19.8. The highest BCUT2D eigenvalue weighted by atomic mass is 16.4. The molecule has 4 N–H and O–H groups in total. The van der Waals surface area contributed by atoms with Crippen LogP contribution in [0.1, 0.15) is 27.7 Å². The van der Waals surface area contributed by atoms with Crippen LogP contribution in [0.3, 0.4) is 0 Å². The van der Waals surface area contributed by atoms with E-state index in [1.54, 1.807) is 20.8 Å². The molecule has 12 heavy (non-hydrogen) atoms. The van der Waals surface area contributed by atoms with Gasteiger partial charge in [0.25, 0.3) is 0 Å². The molecule has 0 rings (SSSR count). The van der Waals surface area contributed by atoms with Crippen LogP contribution in [0.15, 0.2) is 0 Å². The Hall–Kier alpha value is -0.610. The van der Waals surface area contributed by atoms with Gasteiger partial charge in [-0.05, 0) is 12.3 Å². The first-order valence-electron chi connectivity index (χ1n) is 3.84. The van der Waals surface area contributed by atoms with Crippen LogP contribution in [-0.2, 0) is 4.79 Å². The molecular weight excluding hydrogens is 158 g/mol. The molecule has 4 nitrogen and oxygen atoms in total. The van der Waals surface area contributed by atoms with Crippen LogP contribution in [0.4, 0.5) is 0 Å². The number of rotatable bonds is 2. The molecule has 0 aromatic rings. The minimum absolute atomic E-state index is 0.674. The van der Waals surface area contributed by atoms with Crippen molar-refractivity contribution in [2.24, 2.45) is 11.1 Å². The van der Waals surface area contributed by atoms with Gasteiger partial charge in [-0.2, -0.15) is 0 Å². The number of aliphatic carboxylic acids is 1. The van der Waals surface area contributed by atoms with E-state index in [0.29, 0.717) is 0 Å². The SMILES string of the molecule is C[C@@H](O)[C@](N)(C(=O)O)C(C)(C)C. The zero-order valence-corrected chi connectivity index (χ0v) is 7.96. The predicted octanol–water partition coefficient (Wildman–Crippen LogP) is 0.195. The van der Waals surface area contributed by atoms with Crippen molar-refractivity contribution >= 4 is 5.97 Å². The molecule has 0 amide bonds. The number of carboxylic acids is 1. The fourth-order valence-electron chi connectivity index (χ4n) is 1.13. The molecule has 0 aromatic carbocycles. The molecule has 0 bridgehead atoms. The highest BCUT2D eigenvalue weighted by Crippen LogP contribution is 2.31. The Balaban J connectivity index is 5.02. The Kier molecular flexibility index (Phi) is 2.88. The Bertz CT molecular complexity index is 183. The van der Waals surface area contributed by atoms with Gasteiger partial charge in [0.05, 0.1) is 6.10 Å². The Labute approximate surface area is 72.4 Å². The molecule has 0 fully saturated rings. The molecule has 0 aliphatic rings. The van der Waals surface area contributed by atoms with Crippen molar-refractivity contribution in [1.29, 1.82) is 0 Å². The lowest BCUT2D eigenvalue weighted by molar-refractivity contribution is -0.153. The molecular formula is C8H17NO3. The number of nitrogens with two attached hydrogens (primary N) is 1. The van der Waals surface area contributed by atoms with Gasteiger partial charge < -0.3 is 15.9 Å². The van der Waals surface area contributed by atoms with Gasteiger partial charge in [-0.3, -0.25) is 4.79 Å². The molecule has 0 unspecified atom stereocenters. The number of hydrogen-bond donors (Lipinski definition) is 3. The summed E-state index contributed by atoms with van der Waals surface area (Å²) >= 11 is 0. The number of carbonyl (C=O) groups is 1. The van der Waals surface area contributed by atoms with Crippen LogP contribution in [0, 0.1) is 5.41 Å². The maximum Gasteiger partial charge on any atom is 0.326 e. The lowest BCUT2D eigenvalue weighted by Crippen LogP contribution is -2.64. The average Bonchev–Trinajstić information content (AvgIpc) is 1.82. The number of aliphatic hydroxyl groups is 1. The summed E-state index contributed by atoms with van der Waals surface area (Å²) in [6, 6.07) is 0. The maximum absolute atomic E-state index is 10.8. The zero-order valence-electron chi connectivity index (χ0n) is 7.96. The topological polar surface area (TPSA) is 83.5 Å². The lowest BCUT2D eigenvalue weighted by atomic mass is 9.71. The van der Waals surface area contributed by atoms with Crippen molar-refractivity contribution in [3.8, 4) is 0 Å². The van der Waals surface area contributed by atoms with E-state index >= 15 is 0 Å². The van der Waals surface area contributed by atoms with Gasteiger partial charge in [-0.15, -0.1) is 0 Å². The van der Waals surface area contributed by atoms with E-state index < -0.39 is 23.0 Å². The second-order valence-corrected chi connectivity index (χ2v) is 4.10. The maximum atomic E-state index is 10.8. The van der Waals surface area contributed by atoms with E-state index in [1.165, 1.54) is 6.92 Å². The molecule has 0 heterocycles. The smallest absolute Gasteiger partial charge is 0.326 e. The van der Waals surface area contributed by atoms with Gasteiger partial charge in [-0.25, -0.2) is 0 Å². The monoisotopic (exact) mass is 175 g/mol. The van der Waals surface area contributed by atoms with Crippen LogP contribution < -0.4 is 5.73 Å². The number of aliphatic hydroxyl groups excluding tert-OH is 1. The summed E-state index contributed by atoms with van der Waals surface area (Å²) in [6.07, 6.45) is -1.07. The summed E-state index contributed by atoms with van der Waals surface area (Å²) in [5.41, 5.74) is 3.35. The molecule has 0 saturated carbocycles. The Morgan fingerprint density at radius 1 is 1.42 bits per heavy atom. The highest BCUT2D eigenvalue weighted by Gasteiger charge is 2.49. The quantitative estimate of drug-likeness (QED) is 0.559. The van der Waals surface area contributed by atoms with Crippen LogP contribution in [0.5, 0.6) is 0 Å². The van der Waals surface area contributed by atoms with E-state index in [0.717, 1.165) is 0 Å². The summed E-state index contributed by atoms with van der Waals surface area (Å²) in [5.74, 6) is -1.18. The van der Waals surface area contributed by atoms with Crippen molar-refractivity contribution in [1.82, 2.24) is 0 Å². The van der Waals surface area contributed by atoms with E-state index in [-0.39, 0.29) is 0 Å². The third kappa shape index (κ3) is 1.59. The number of carboxylic acid groups (broad SMARTS) is 1. The molecule has 0 aromatic heterocycles. The van der Waals surface area contributed by atoms with Crippen LogP contribution in [0.25, 0.3) is 0 Å². The molecule has 0 radical (unpaired) electrons. The van der Waals surface area contributed by atoms with Crippen LogP contribution >= 0.6 is 0 Å². The molecule has 4 heteroatoms. The van der Waals surface area contributed by atoms with Gasteiger partial charge in [0.15, 0.2) is 0 Å². The van der Waals surface area contributed by atoms with Crippen molar-refractivity contribution < 1.29 is 15.0 Å². The molecule has 0 aliphatic carbocycles. The fourth-order valence-corrected chi connectivity index (χ4v) is 1.13. The van der Waals surface area contributed by atoms with Gasteiger partial charge in [0.1, 0.15) is 5.54 Å². The van der Waals surface area contributed by atoms with Crippen LogP contribution in [0.2, 0.25) is 0 Å². The van der Waals surface area contributed by atoms with Crippen molar-refractivity contribution in [3.05, 3.63) is 0 Å². The first kappa shape index (κ1) is 11.4. The molecule has 0 spiro atoms. The van der Waals surface area contributed by atoms with Crippen molar-refractivity contribution in [2.75, 3.05) is 0 Å². The minimum Gasteiger partial charge on any atom is -0.480 e. The third-order valence-corrected chi connectivity index (χ3v) is 2.25. The summed E-state index contributed by atoms with van der Waals surface area (Å²) in [7, 11) is 0. The van der Waals surface area contributed by atoms with E-state index in [1.807, 2.05) is 0 Å². The minimum atomic E-state index is -1.59. The van der Waals surface area contributed by atoms with Gasteiger partial charge in [0.2, 0.25) is 0 Å². The van der Waals surface area contributed by atoms with E-state index in [2.05, 4.69) is 0 Å². The predicted molar refractivity (Wildman–Crippen MR) is 45.7 cm³/mol.